The summed E-state index contributed by atoms with van der Waals surface area (Å²) >= 11 is 7.42. The molecular formula is C13H17IN2OS. The van der Waals surface area contributed by atoms with Crippen molar-refractivity contribution in [2.45, 2.75) is 27.7 Å². The van der Waals surface area contributed by atoms with Gasteiger partial charge in [0.15, 0.2) is 5.11 Å². The number of nitrogens with one attached hydrogen (secondary N) is 2. The minimum absolute atomic E-state index is 0.0774. The zero-order valence-electron chi connectivity index (χ0n) is 10.9. The topological polar surface area (TPSA) is 41.1 Å². The van der Waals surface area contributed by atoms with Crippen molar-refractivity contribution in [2.75, 3.05) is 5.32 Å². The molecule has 0 atom stereocenters. The molecule has 0 spiro atoms. The van der Waals surface area contributed by atoms with Crippen molar-refractivity contribution in [3.8, 4) is 0 Å². The van der Waals surface area contributed by atoms with Crippen molar-refractivity contribution < 1.29 is 4.79 Å². The molecule has 0 aromatic heterocycles. The van der Waals surface area contributed by atoms with Crippen molar-refractivity contribution in [3.63, 3.8) is 0 Å². The lowest BCUT2D eigenvalue weighted by Crippen LogP contribution is -2.36. The fourth-order valence-electron chi connectivity index (χ4n) is 1.44. The standard InChI is InChI=1S/C13H17IN2OS/c1-7(2)12(17)16-13(18)15-10-5-8(3)11(14)9(4)6-10/h5-7H,1-4H3,(H2,15,16,17,18). The first-order valence-electron chi connectivity index (χ1n) is 5.70. The fourth-order valence-corrected chi connectivity index (χ4v) is 1.97. The van der Waals surface area contributed by atoms with Crippen molar-refractivity contribution >= 4 is 51.5 Å². The Bertz CT molecular complexity index is 463. The van der Waals surface area contributed by atoms with Crippen LogP contribution >= 0.6 is 34.8 Å². The van der Waals surface area contributed by atoms with Gasteiger partial charge in [0.2, 0.25) is 5.91 Å². The highest BCUT2D eigenvalue weighted by Gasteiger charge is 2.09. The third-order valence-electron chi connectivity index (χ3n) is 2.46. The Kier molecular flexibility index (Phi) is 5.52. The second-order valence-corrected chi connectivity index (χ2v) is 6.01. The average Bonchev–Trinajstić information content (AvgIpc) is 2.25. The van der Waals surface area contributed by atoms with Gasteiger partial charge in [0.25, 0.3) is 0 Å². The van der Waals surface area contributed by atoms with Crippen molar-refractivity contribution in [3.05, 3.63) is 26.8 Å². The van der Waals surface area contributed by atoms with E-state index in [0.29, 0.717) is 5.11 Å². The normalized spacial score (nSPS) is 10.3. The van der Waals surface area contributed by atoms with Crippen LogP contribution < -0.4 is 10.6 Å². The first kappa shape index (κ1) is 15.4. The van der Waals surface area contributed by atoms with Gasteiger partial charge in [0.1, 0.15) is 0 Å². The monoisotopic (exact) mass is 376 g/mol. The minimum atomic E-state index is -0.0788. The molecule has 18 heavy (non-hydrogen) atoms. The number of hydrogen-bond donors (Lipinski definition) is 2. The lowest BCUT2D eigenvalue weighted by molar-refractivity contribution is -0.122. The maximum Gasteiger partial charge on any atom is 0.228 e. The smallest absolute Gasteiger partial charge is 0.228 e. The van der Waals surface area contributed by atoms with Crippen LogP contribution in [-0.4, -0.2) is 11.0 Å². The highest BCUT2D eigenvalue weighted by Crippen LogP contribution is 2.21. The van der Waals surface area contributed by atoms with Crippen LogP contribution in [-0.2, 0) is 4.79 Å². The molecule has 1 aromatic rings. The quantitative estimate of drug-likeness (QED) is 0.614. The summed E-state index contributed by atoms with van der Waals surface area (Å²) in [4.78, 5) is 11.5. The SMILES string of the molecule is Cc1cc(NC(=S)NC(=O)C(C)C)cc(C)c1I. The van der Waals surface area contributed by atoms with E-state index in [4.69, 9.17) is 12.2 Å². The molecule has 0 heterocycles. The Morgan fingerprint density at radius 2 is 1.78 bits per heavy atom. The Labute approximate surface area is 127 Å². The van der Waals surface area contributed by atoms with E-state index in [-0.39, 0.29) is 11.8 Å². The van der Waals surface area contributed by atoms with Crippen LogP contribution in [0, 0.1) is 23.3 Å². The number of halogens is 1. The van der Waals surface area contributed by atoms with Gasteiger partial charge < -0.3 is 10.6 Å². The van der Waals surface area contributed by atoms with Crippen LogP contribution in [0.3, 0.4) is 0 Å². The van der Waals surface area contributed by atoms with E-state index in [0.717, 1.165) is 5.69 Å². The molecule has 0 bridgehead atoms. The number of anilines is 1. The predicted molar refractivity (Wildman–Crippen MR) is 87.8 cm³/mol. The number of carbonyl (C=O) groups excluding carboxylic acids is 1. The Morgan fingerprint density at radius 3 is 2.22 bits per heavy atom. The van der Waals surface area contributed by atoms with E-state index in [1.54, 1.807) is 0 Å². The van der Waals surface area contributed by atoms with Gasteiger partial charge in [0.05, 0.1) is 0 Å². The summed E-state index contributed by atoms with van der Waals surface area (Å²) in [6.07, 6.45) is 0. The van der Waals surface area contributed by atoms with Crippen LogP contribution in [0.4, 0.5) is 5.69 Å². The van der Waals surface area contributed by atoms with Gasteiger partial charge >= 0.3 is 0 Å². The van der Waals surface area contributed by atoms with Crippen LogP contribution in [0.25, 0.3) is 0 Å². The predicted octanol–water partition coefficient (Wildman–Crippen LogP) is 3.38. The van der Waals surface area contributed by atoms with E-state index in [9.17, 15) is 4.79 Å². The largest absolute Gasteiger partial charge is 0.332 e. The average molecular weight is 376 g/mol. The Hall–Kier alpha value is -0.690. The van der Waals surface area contributed by atoms with E-state index in [1.807, 2.05) is 26.0 Å². The third-order valence-corrected chi connectivity index (χ3v) is 4.36. The molecule has 0 aliphatic carbocycles. The van der Waals surface area contributed by atoms with Gasteiger partial charge in [-0.15, -0.1) is 0 Å². The van der Waals surface area contributed by atoms with Gasteiger partial charge in [-0.3, -0.25) is 4.79 Å². The summed E-state index contributed by atoms with van der Waals surface area (Å²) < 4.78 is 1.25. The summed E-state index contributed by atoms with van der Waals surface area (Å²) in [5.74, 6) is -0.156. The number of hydrogen-bond acceptors (Lipinski definition) is 2. The van der Waals surface area contributed by atoms with Crippen LogP contribution in [0.15, 0.2) is 12.1 Å². The molecule has 0 aliphatic heterocycles. The first-order chi connectivity index (χ1) is 8.31. The molecule has 0 saturated heterocycles. The molecule has 1 rings (SSSR count). The summed E-state index contributed by atoms with van der Waals surface area (Å²) in [6.45, 7) is 7.76. The van der Waals surface area contributed by atoms with E-state index >= 15 is 0 Å². The zero-order chi connectivity index (χ0) is 13.9. The number of rotatable bonds is 2. The Balaban J connectivity index is 2.74. The van der Waals surface area contributed by atoms with E-state index < -0.39 is 0 Å². The van der Waals surface area contributed by atoms with Gasteiger partial charge in [-0.1, -0.05) is 13.8 Å². The third kappa shape index (κ3) is 4.20. The summed E-state index contributed by atoms with van der Waals surface area (Å²) in [5.41, 5.74) is 3.28. The highest BCUT2D eigenvalue weighted by molar-refractivity contribution is 14.1. The highest BCUT2D eigenvalue weighted by atomic mass is 127. The molecule has 1 aromatic carbocycles. The number of aryl methyl sites for hydroxylation is 2. The second-order valence-electron chi connectivity index (χ2n) is 4.52. The molecule has 0 unspecified atom stereocenters. The molecule has 0 saturated carbocycles. The van der Waals surface area contributed by atoms with Crippen molar-refractivity contribution in [1.29, 1.82) is 0 Å². The summed E-state index contributed by atoms with van der Waals surface area (Å²) in [5, 5.41) is 6.04. The van der Waals surface area contributed by atoms with Crippen molar-refractivity contribution in [2.24, 2.45) is 5.92 Å². The van der Waals surface area contributed by atoms with Gasteiger partial charge in [-0.2, -0.15) is 0 Å². The molecular weight excluding hydrogens is 359 g/mol. The lowest BCUT2D eigenvalue weighted by atomic mass is 10.1. The minimum Gasteiger partial charge on any atom is -0.332 e. The molecule has 0 aliphatic rings. The maximum atomic E-state index is 11.5. The maximum absolute atomic E-state index is 11.5. The number of amides is 1. The molecule has 98 valence electrons. The number of benzene rings is 1. The lowest BCUT2D eigenvalue weighted by Gasteiger charge is -2.13. The molecule has 3 nitrogen and oxygen atoms in total. The van der Waals surface area contributed by atoms with Crippen LogP contribution in [0.2, 0.25) is 0 Å². The van der Waals surface area contributed by atoms with E-state index in [2.05, 4.69) is 47.1 Å². The van der Waals surface area contributed by atoms with Gasteiger partial charge in [-0.05, 0) is 71.9 Å². The van der Waals surface area contributed by atoms with Crippen LogP contribution in [0.1, 0.15) is 25.0 Å². The van der Waals surface area contributed by atoms with Gasteiger partial charge in [0, 0.05) is 15.2 Å². The van der Waals surface area contributed by atoms with Gasteiger partial charge in [-0.25, -0.2) is 0 Å². The zero-order valence-corrected chi connectivity index (χ0v) is 13.9. The molecule has 5 heteroatoms. The van der Waals surface area contributed by atoms with E-state index in [1.165, 1.54) is 14.7 Å². The molecule has 2 N–H and O–H groups in total. The summed E-state index contributed by atoms with van der Waals surface area (Å²) in [7, 11) is 0. The second kappa shape index (κ2) is 6.47. The molecule has 1 amide bonds. The first-order valence-corrected chi connectivity index (χ1v) is 7.18. The summed E-state index contributed by atoms with van der Waals surface area (Å²) in [6, 6.07) is 4.03. The molecule has 0 radical (unpaired) electrons. The fraction of sp³-hybridized carbons (Fsp3) is 0.385. The number of thiocarbonyl (C=S) groups is 1. The van der Waals surface area contributed by atoms with Crippen LogP contribution in [0.5, 0.6) is 0 Å². The molecule has 0 fully saturated rings. The number of carbonyl (C=O) groups is 1. The Morgan fingerprint density at radius 1 is 1.28 bits per heavy atom. The van der Waals surface area contributed by atoms with Crippen molar-refractivity contribution in [1.82, 2.24) is 5.32 Å².